The van der Waals surface area contributed by atoms with E-state index in [4.69, 9.17) is 14.2 Å². The first-order chi connectivity index (χ1) is 37.5. The molecule has 0 radical (unpaired) electrons. The molecule has 0 saturated heterocycles. The molecule has 0 aromatic heterocycles. The molecule has 0 aliphatic heterocycles. The highest BCUT2D eigenvalue weighted by Crippen LogP contribution is 2.19. The number of esters is 3. The predicted octanol–water partition coefficient (Wildman–Crippen LogP) is 23.6. The number of ether oxygens (including phenoxy) is 3. The fraction of sp³-hybridized carbons (Fsp3) is 0.929. The maximum absolute atomic E-state index is 12.9. The van der Waals surface area contributed by atoms with E-state index in [1.807, 2.05) is 0 Å². The topological polar surface area (TPSA) is 78.9 Å². The monoisotopic (exact) mass is 1070 g/mol. The van der Waals surface area contributed by atoms with Crippen molar-refractivity contribution in [3.05, 3.63) is 12.2 Å². The Balaban J connectivity index is 4.23. The molecule has 450 valence electrons. The molecule has 1 unspecified atom stereocenters. The standard InChI is InChI=1S/C70H134O6/c1-4-7-10-13-16-19-22-25-28-30-32-33-34-35-36-37-38-40-42-45-48-51-54-57-60-63-69(72)75-66-67(65-74-68(71)62-59-56-53-50-47-44-41-27-24-21-18-15-12-9-6-3)76-70(73)64-61-58-55-52-49-46-43-39-31-29-26-23-20-17-14-11-8-5-2/h30,32,67H,4-29,31,33-66H2,1-3H3/b32-30-. The smallest absolute Gasteiger partial charge is 0.306 e. The summed E-state index contributed by atoms with van der Waals surface area (Å²) in [6.07, 6.45) is 78.0. The second kappa shape index (κ2) is 65.7. The third kappa shape index (κ3) is 63.0. The molecule has 76 heavy (non-hydrogen) atoms. The zero-order chi connectivity index (χ0) is 55.0. The average Bonchev–Trinajstić information content (AvgIpc) is 3.42. The Morgan fingerprint density at radius 1 is 0.250 bits per heavy atom. The van der Waals surface area contributed by atoms with Crippen LogP contribution in [0.2, 0.25) is 0 Å². The van der Waals surface area contributed by atoms with Gasteiger partial charge in [0.1, 0.15) is 13.2 Å². The summed E-state index contributed by atoms with van der Waals surface area (Å²) in [7, 11) is 0. The molecule has 0 aromatic rings. The molecular weight excluding hydrogens is 937 g/mol. The van der Waals surface area contributed by atoms with Crippen LogP contribution in [-0.2, 0) is 28.6 Å². The Kier molecular flexibility index (Phi) is 64.1. The Morgan fingerprint density at radius 2 is 0.434 bits per heavy atom. The summed E-state index contributed by atoms with van der Waals surface area (Å²) in [4.78, 5) is 38.4. The van der Waals surface area contributed by atoms with Gasteiger partial charge >= 0.3 is 17.9 Å². The highest BCUT2D eigenvalue weighted by atomic mass is 16.6. The summed E-state index contributed by atoms with van der Waals surface area (Å²) in [5.41, 5.74) is 0. The second-order valence-corrected chi connectivity index (χ2v) is 23.8. The van der Waals surface area contributed by atoms with Crippen molar-refractivity contribution in [1.29, 1.82) is 0 Å². The van der Waals surface area contributed by atoms with Gasteiger partial charge in [0.05, 0.1) is 0 Å². The molecule has 0 aliphatic carbocycles. The maximum Gasteiger partial charge on any atom is 0.306 e. The number of carbonyl (C=O) groups is 3. The minimum absolute atomic E-state index is 0.0625. The minimum atomic E-state index is -0.765. The SMILES string of the molecule is CCCCCCCCCC/C=C\CCCCCCCCCCCCCCCC(=O)OCC(COC(=O)CCCCCCCCCCCCCCCCC)OC(=O)CCCCCCCCCCCCCCCCCCCC. The molecule has 1 atom stereocenters. The van der Waals surface area contributed by atoms with Gasteiger partial charge in [-0.2, -0.15) is 0 Å². The number of unbranched alkanes of at least 4 members (excludes halogenated alkanes) is 52. The first kappa shape index (κ1) is 74.2. The molecule has 0 bridgehead atoms. The van der Waals surface area contributed by atoms with Gasteiger partial charge in [-0.1, -0.05) is 348 Å². The molecule has 0 aromatic carbocycles. The first-order valence-corrected chi connectivity index (χ1v) is 34.7. The molecule has 6 heteroatoms. The highest BCUT2D eigenvalue weighted by Gasteiger charge is 2.19. The van der Waals surface area contributed by atoms with E-state index in [-0.39, 0.29) is 31.1 Å². The normalized spacial score (nSPS) is 12.0. The van der Waals surface area contributed by atoms with Crippen molar-refractivity contribution in [2.24, 2.45) is 0 Å². The maximum atomic E-state index is 12.9. The number of hydrogen-bond donors (Lipinski definition) is 0. The molecule has 0 fully saturated rings. The Morgan fingerprint density at radius 3 is 0.658 bits per heavy atom. The van der Waals surface area contributed by atoms with Crippen molar-refractivity contribution in [3.8, 4) is 0 Å². The molecule has 0 saturated carbocycles. The molecular formula is C70H134O6. The van der Waals surface area contributed by atoms with Crippen LogP contribution in [-0.4, -0.2) is 37.2 Å². The van der Waals surface area contributed by atoms with Crippen LogP contribution < -0.4 is 0 Å². The van der Waals surface area contributed by atoms with Crippen molar-refractivity contribution in [3.63, 3.8) is 0 Å². The van der Waals surface area contributed by atoms with Crippen LogP contribution in [0.5, 0.6) is 0 Å². The van der Waals surface area contributed by atoms with Crippen molar-refractivity contribution >= 4 is 17.9 Å². The lowest BCUT2D eigenvalue weighted by Crippen LogP contribution is -2.30. The van der Waals surface area contributed by atoms with Crippen LogP contribution in [0, 0.1) is 0 Å². The molecule has 0 spiro atoms. The Bertz CT molecular complexity index is 1180. The van der Waals surface area contributed by atoms with E-state index < -0.39 is 6.10 Å². The van der Waals surface area contributed by atoms with Crippen LogP contribution in [0.1, 0.15) is 400 Å². The van der Waals surface area contributed by atoms with Crippen LogP contribution in [0.15, 0.2) is 12.2 Å². The summed E-state index contributed by atoms with van der Waals surface area (Å²) in [6.45, 7) is 6.73. The quantitative estimate of drug-likeness (QED) is 0.0261. The number of hydrogen-bond acceptors (Lipinski definition) is 6. The summed E-state index contributed by atoms with van der Waals surface area (Å²) in [5, 5.41) is 0. The van der Waals surface area contributed by atoms with Gasteiger partial charge in [-0.15, -0.1) is 0 Å². The third-order valence-electron chi connectivity index (χ3n) is 16.0. The molecule has 0 N–H and O–H groups in total. The molecule has 0 amide bonds. The Hall–Kier alpha value is -1.85. The van der Waals surface area contributed by atoms with Gasteiger partial charge in [0.25, 0.3) is 0 Å². The number of rotatable bonds is 65. The average molecular weight is 1070 g/mol. The van der Waals surface area contributed by atoms with E-state index in [0.717, 1.165) is 57.8 Å². The molecule has 6 nitrogen and oxygen atoms in total. The predicted molar refractivity (Wildman–Crippen MR) is 330 cm³/mol. The third-order valence-corrected chi connectivity index (χ3v) is 16.0. The van der Waals surface area contributed by atoms with Gasteiger partial charge in [0.2, 0.25) is 0 Å². The van der Waals surface area contributed by atoms with E-state index in [2.05, 4.69) is 32.9 Å². The fourth-order valence-corrected chi connectivity index (χ4v) is 10.8. The lowest BCUT2D eigenvalue weighted by Gasteiger charge is -2.18. The van der Waals surface area contributed by atoms with Gasteiger partial charge in [-0.05, 0) is 44.9 Å². The van der Waals surface area contributed by atoms with Crippen molar-refractivity contribution < 1.29 is 28.6 Å². The molecule has 0 aliphatic rings. The van der Waals surface area contributed by atoms with Crippen LogP contribution in [0.3, 0.4) is 0 Å². The second-order valence-electron chi connectivity index (χ2n) is 23.8. The largest absolute Gasteiger partial charge is 0.462 e. The van der Waals surface area contributed by atoms with Gasteiger partial charge in [-0.3, -0.25) is 14.4 Å². The zero-order valence-corrected chi connectivity index (χ0v) is 51.8. The van der Waals surface area contributed by atoms with Crippen molar-refractivity contribution in [2.45, 2.75) is 406 Å². The first-order valence-electron chi connectivity index (χ1n) is 34.7. The summed E-state index contributed by atoms with van der Waals surface area (Å²) in [5.74, 6) is -0.827. The minimum Gasteiger partial charge on any atom is -0.462 e. The number of carbonyl (C=O) groups excluding carboxylic acids is 3. The molecule has 0 heterocycles. The van der Waals surface area contributed by atoms with Gasteiger partial charge in [0, 0.05) is 19.3 Å². The zero-order valence-electron chi connectivity index (χ0n) is 51.8. The summed E-state index contributed by atoms with van der Waals surface area (Å²) < 4.78 is 17.0. The Labute approximate surface area is 475 Å². The van der Waals surface area contributed by atoms with E-state index in [9.17, 15) is 14.4 Å². The van der Waals surface area contributed by atoms with E-state index in [0.29, 0.717) is 19.3 Å². The van der Waals surface area contributed by atoms with Gasteiger partial charge < -0.3 is 14.2 Å². The van der Waals surface area contributed by atoms with E-state index >= 15 is 0 Å². The van der Waals surface area contributed by atoms with Crippen molar-refractivity contribution in [1.82, 2.24) is 0 Å². The summed E-state index contributed by atoms with van der Waals surface area (Å²) >= 11 is 0. The lowest BCUT2D eigenvalue weighted by molar-refractivity contribution is -0.167. The van der Waals surface area contributed by atoms with Crippen LogP contribution >= 0.6 is 0 Å². The van der Waals surface area contributed by atoms with Gasteiger partial charge in [0.15, 0.2) is 6.10 Å². The fourth-order valence-electron chi connectivity index (χ4n) is 10.8. The van der Waals surface area contributed by atoms with Crippen molar-refractivity contribution in [2.75, 3.05) is 13.2 Å². The van der Waals surface area contributed by atoms with E-state index in [1.165, 1.54) is 302 Å². The van der Waals surface area contributed by atoms with E-state index in [1.54, 1.807) is 0 Å². The van der Waals surface area contributed by atoms with Crippen LogP contribution in [0.4, 0.5) is 0 Å². The van der Waals surface area contributed by atoms with Crippen LogP contribution in [0.25, 0.3) is 0 Å². The highest BCUT2D eigenvalue weighted by molar-refractivity contribution is 5.71. The lowest BCUT2D eigenvalue weighted by atomic mass is 10.0. The number of allylic oxidation sites excluding steroid dienone is 2. The molecule has 0 rings (SSSR count). The summed E-state index contributed by atoms with van der Waals surface area (Å²) in [6, 6.07) is 0. The van der Waals surface area contributed by atoms with Gasteiger partial charge in [-0.25, -0.2) is 0 Å².